The van der Waals surface area contributed by atoms with Crippen LogP contribution in [0.4, 0.5) is 17.6 Å². The molecule has 0 amide bonds. The van der Waals surface area contributed by atoms with Crippen LogP contribution in [-0.2, 0) is 32.1 Å². The predicted octanol–water partition coefficient (Wildman–Crippen LogP) is 40.4. The van der Waals surface area contributed by atoms with E-state index in [4.69, 9.17) is 0 Å². The molecule has 0 aromatic heterocycles. The van der Waals surface area contributed by atoms with E-state index in [0.717, 1.165) is 116 Å². The first kappa shape index (κ1) is 106. The van der Waals surface area contributed by atoms with Gasteiger partial charge in [-0.25, -0.2) is 17.6 Å². The zero-order chi connectivity index (χ0) is 93.6. The number of rotatable bonds is 34. The molecule has 4 heteroatoms. The Morgan fingerprint density at radius 3 is 0.803 bits per heavy atom. The van der Waals surface area contributed by atoms with Crippen LogP contribution >= 0.6 is 0 Å². The van der Waals surface area contributed by atoms with E-state index in [-0.39, 0.29) is 0 Å². The second-order valence-corrected chi connectivity index (χ2v) is 41.8. The molecule has 15 rings (SSSR count). The van der Waals surface area contributed by atoms with E-state index in [0.29, 0.717) is 44.5 Å². The molecule has 0 radical (unpaired) electrons. The molecule has 9 aromatic carbocycles. The lowest BCUT2D eigenvalue weighted by Crippen LogP contribution is -2.25. The quantitative estimate of drug-likeness (QED) is 0.0214. The Morgan fingerprint density at radius 2 is 0.485 bits per heavy atom. The molecule has 0 heterocycles. The molecule has 0 unspecified atom stereocenters. The molecule has 0 N–H and O–H groups in total. The third-order valence-corrected chi connectivity index (χ3v) is 31.8. The molecular weight excluding hydrogens is 1610 g/mol. The van der Waals surface area contributed by atoms with Crippen molar-refractivity contribution < 1.29 is 17.6 Å². The number of hydrogen-bond donors (Lipinski definition) is 0. The lowest BCUT2D eigenvalue weighted by Gasteiger charge is -2.38. The molecule has 6 aliphatic carbocycles. The molecule has 9 aromatic rings. The monoisotopic (exact) mass is 1790 g/mol. The first-order valence-corrected chi connectivity index (χ1v) is 54.7. The van der Waals surface area contributed by atoms with Gasteiger partial charge in [-0.15, -0.1) is 0 Å². The Hall–Kier alpha value is -7.56. The summed E-state index contributed by atoms with van der Waals surface area (Å²) >= 11 is 0. The molecule has 6 fully saturated rings. The molecule has 0 nitrogen and oxygen atoms in total. The number of hydrogen-bond acceptors (Lipinski definition) is 0. The molecule has 718 valence electrons. The number of allylic oxidation sites excluding steroid dienone is 2. The summed E-state index contributed by atoms with van der Waals surface area (Å²) in [5.74, 6) is 9.13. The van der Waals surface area contributed by atoms with E-state index in [9.17, 15) is 17.6 Å². The van der Waals surface area contributed by atoms with Crippen molar-refractivity contribution in [3.8, 4) is 55.6 Å². The SMILES string of the molecule is CCCC1CCC(/C=C/C2CCC(CCC)CC2)CC1.CCCC1CCC(CCC2CCC(CCC)CC2)CC1.CCCCC1CCC(C2CCC(c3ccc(C)cc3)CC2)CC1.CCCCCc1ccc(-c2ccc(C)cc2)cc1.CCCCc1ccc(-c2ccc(-c3ccc(CC)cc3)c(F)c2F)cc1.CCCc1ccc(-c2ccc(-c3ccc(CC)cc3)c(F)c2F)cc1. The van der Waals surface area contributed by atoms with Crippen molar-refractivity contribution in [2.24, 2.45) is 65.1 Å². The van der Waals surface area contributed by atoms with Crippen molar-refractivity contribution >= 4 is 0 Å². The van der Waals surface area contributed by atoms with Crippen molar-refractivity contribution in [2.45, 2.75) is 397 Å². The van der Waals surface area contributed by atoms with E-state index < -0.39 is 23.3 Å². The van der Waals surface area contributed by atoms with Gasteiger partial charge in [0.25, 0.3) is 0 Å². The van der Waals surface area contributed by atoms with Gasteiger partial charge in [-0.05, 0) is 286 Å². The van der Waals surface area contributed by atoms with Crippen LogP contribution in [0.1, 0.15) is 396 Å². The Kier molecular flexibility index (Phi) is 48.0. The average Bonchev–Trinajstić information content (AvgIpc) is 0.796. The Bertz CT molecular complexity index is 4520. The summed E-state index contributed by atoms with van der Waals surface area (Å²) in [6.07, 6.45) is 72.7. The van der Waals surface area contributed by atoms with Crippen molar-refractivity contribution in [3.05, 3.63) is 274 Å². The zero-order valence-corrected chi connectivity index (χ0v) is 85.0. The number of aryl methyl sites for hydroxylation is 7. The molecule has 0 bridgehead atoms. The second-order valence-electron chi connectivity index (χ2n) is 41.8. The lowest BCUT2D eigenvalue weighted by molar-refractivity contribution is 0.156. The van der Waals surface area contributed by atoms with Crippen molar-refractivity contribution in [3.63, 3.8) is 0 Å². The fourth-order valence-corrected chi connectivity index (χ4v) is 23.0. The van der Waals surface area contributed by atoms with Crippen LogP contribution in [0.5, 0.6) is 0 Å². The van der Waals surface area contributed by atoms with E-state index >= 15 is 0 Å². The summed E-state index contributed by atoms with van der Waals surface area (Å²) in [5.41, 5.74) is 17.2. The molecule has 0 aliphatic heterocycles. The van der Waals surface area contributed by atoms with Crippen LogP contribution in [0.2, 0.25) is 0 Å². The highest BCUT2D eigenvalue weighted by Gasteiger charge is 2.32. The lowest BCUT2D eigenvalue weighted by atomic mass is 9.68. The molecule has 0 saturated heterocycles. The average molecular weight is 1790 g/mol. The molecular formula is C128H178F4. The van der Waals surface area contributed by atoms with Crippen molar-refractivity contribution in [1.82, 2.24) is 0 Å². The largest absolute Gasteiger partial charge is 0.203 e. The third kappa shape index (κ3) is 35.2. The van der Waals surface area contributed by atoms with Crippen LogP contribution in [0.15, 0.2) is 206 Å². The normalized spacial score (nSPS) is 21.9. The summed E-state index contributed by atoms with van der Waals surface area (Å²) in [7, 11) is 0. The first-order chi connectivity index (χ1) is 64.4. The smallest absolute Gasteiger partial charge is 0.167 e. The second kappa shape index (κ2) is 59.4. The van der Waals surface area contributed by atoms with E-state index in [1.165, 1.54) is 249 Å². The Labute approximate surface area is 804 Å². The minimum absolute atomic E-state index is 0.298. The fourth-order valence-electron chi connectivity index (χ4n) is 23.0. The highest BCUT2D eigenvalue weighted by Crippen LogP contribution is 2.46. The maximum Gasteiger partial charge on any atom is 0.167 e. The van der Waals surface area contributed by atoms with Gasteiger partial charge in [0.05, 0.1) is 0 Å². The minimum Gasteiger partial charge on any atom is -0.203 e. The van der Waals surface area contributed by atoms with Crippen LogP contribution in [0, 0.1) is 102 Å². The zero-order valence-electron chi connectivity index (χ0n) is 85.0. The van der Waals surface area contributed by atoms with Gasteiger partial charge in [-0.2, -0.15) is 0 Å². The highest BCUT2D eigenvalue weighted by atomic mass is 19.2. The van der Waals surface area contributed by atoms with E-state index in [1.807, 2.05) is 97.1 Å². The maximum absolute atomic E-state index is 14.7. The standard InChI is InChI=1S/C24H24F2.C23H22F2.C23H36.C20H38.C20H36.C18H22/c1-3-5-6-18-9-13-20(14-10-18)22-16-15-21(23(25)24(22)26)19-11-7-17(4-2)8-12-19;1-3-5-17-8-12-19(13-9-17)21-15-14-20(22(24)23(21)25)18-10-6-16(4-2)7-11-18;1-3-4-5-19-8-12-21(13-9-19)23-16-14-22(15-17-23)20-10-6-18(2)7-11-20;2*1-3-5-17-7-11-19(12-8-17)15-16-20-13-9-18(6-4-2)10-14-20;1-3-4-5-6-16-9-13-18(14-10-16)17-11-7-15(2)8-12-17/h7-16H,3-6H2,1-2H3;6-15H,3-5H2,1-2H3;6-7,10-11,19,21-23H,3-5,8-9,12-17H2,1-2H3;17-20H,3-16H2,1-2H3;15-20H,3-14H2,1-2H3;7-14H,3-6H2,1-2H3/b;;;;16-15+;. The summed E-state index contributed by atoms with van der Waals surface area (Å²) < 4.78 is 58.7. The first-order valence-electron chi connectivity index (χ1n) is 54.7. The summed E-state index contributed by atoms with van der Waals surface area (Å²) in [6.45, 7) is 26.7. The van der Waals surface area contributed by atoms with Crippen molar-refractivity contribution in [1.29, 1.82) is 0 Å². The molecule has 0 spiro atoms. The minimum atomic E-state index is -0.792. The van der Waals surface area contributed by atoms with Gasteiger partial charge in [0.2, 0.25) is 0 Å². The van der Waals surface area contributed by atoms with E-state index in [1.54, 1.807) is 94.0 Å². The van der Waals surface area contributed by atoms with E-state index in [2.05, 4.69) is 168 Å². The van der Waals surface area contributed by atoms with Crippen LogP contribution < -0.4 is 0 Å². The molecule has 0 atom stereocenters. The maximum atomic E-state index is 14.7. The van der Waals surface area contributed by atoms with Crippen molar-refractivity contribution in [2.75, 3.05) is 0 Å². The summed E-state index contributed by atoms with van der Waals surface area (Å²) in [4.78, 5) is 0. The molecule has 6 saturated carbocycles. The van der Waals surface area contributed by atoms with Gasteiger partial charge in [0, 0.05) is 22.3 Å². The topological polar surface area (TPSA) is 0 Å². The Morgan fingerprint density at radius 1 is 0.220 bits per heavy atom. The van der Waals surface area contributed by atoms with Crippen LogP contribution in [0.3, 0.4) is 0 Å². The number of benzene rings is 9. The van der Waals surface area contributed by atoms with Gasteiger partial charge in [0.15, 0.2) is 23.3 Å². The predicted molar refractivity (Wildman–Crippen MR) is 566 cm³/mol. The van der Waals surface area contributed by atoms with Gasteiger partial charge in [0.1, 0.15) is 0 Å². The van der Waals surface area contributed by atoms with Gasteiger partial charge in [-0.1, -0.05) is 460 Å². The van der Waals surface area contributed by atoms with Crippen LogP contribution in [-0.4, -0.2) is 0 Å². The number of unbranched alkanes of at least 4 members (excludes halogenated alkanes) is 4. The fraction of sp³-hybridized carbons (Fsp3) is 0.562. The molecule has 6 aliphatic rings. The van der Waals surface area contributed by atoms with Crippen LogP contribution in [0.25, 0.3) is 55.6 Å². The van der Waals surface area contributed by atoms with Gasteiger partial charge >= 0.3 is 0 Å². The Balaban J connectivity index is 0.000000165. The number of halogens is 4. The third-order valence-electron chi connectivity index (χ3n) is 31.8. The molecule has 132 heavy (non-hydrogen) atoms. The van der Waals surface area contributed by atoms with Gasteiger partial charge < -0.3 is 0 Å². The van der Waals surface area contributed by atoms with Gasteiger partial charge in [-0.3, -0.25) is 0 Å². The highest BCUT2D eigenvalue weighted by molar-refractivity contribution is 5.74. The summed E-state index contributed by atoms with van der Waals surface area (Å²) in [5, 5.41) is 0. The summed E-state index contributed by atoms with van der Waals surface area (Å²) in [6, 6.07) is 64.4.